The molecule has 0 atom stereocenters. The Hall–Kier alpha value is -2.67. The number of fused-ring (bicyclic) bond motifs is 3. The lowest BCUT2D eigenvalue weighted by molar-refractivity contribution is 0.139. The topological polar surface area (TPSA) is 75.4 Å². The van der Waals surface area contributed by atoms with Crippen molar-refractivity contribution in [1.82, 2.24) is 14.5 Å². The monoisotopic (exact) mass is 413 g/mol. The van der Waals surface area contributed by atoms with E-state index in [-0.39, 0.29) is 12.1 Å². The molecule has 3 aromatic rings. The highest BCUT2D eigenvalue weighted by Crippen LogP contribution is 2.24. The van der Waals surface area contributed by atoms with Gasteiger partial charge in [-0.3, -0.25) is 9.36 Å². The zero-order chi connectivity index (χ0) is 18.3. The van der Waals surface area contributed by atoms with Gasteiger partial charge in [0.25, 0.3) is 5.56 Å². The van der Waals surface area contributed by atoms with Crippen molar-refractivity contribution in [3.63, 3.8) is 0 Å². The Morgan fingerprint density at radius 1 is 1.19 bits per heavy atom. The fraction of sp³-hybridized carbons (Fsp3) is 0.211. The van der Waals surface area contributed by atoms with Gasteiger partial charge in [0.05, 0.1) is 13.1 Å². The summed E-state index contributed by atoms with van der Waals surface area (Å²) in [5, 5.41) is 10.2. The number of benzene rings is 1. The Labute approximate surface area is 157 Å². The van der Waals surface area contributed by atoms with E-state index in [0.717, 1.165) is 21.0 Å². The number of hydrogen-bond acceptors (Lipinski definition) is 3. The molecule has 132 valence electrons. The summed E-state index contributed by atoms with van der Waals surface area (Å²) >= 11 is 3.41. The second kappa shape index (κ2) is 6.57. The van der Waals surface area contributed by atoms with Crippen LogP contribution in [0.5, 0.6) is 0 Å². The number of halogens is 1. The predicted molar refractivity (Wildman–Crippen MR) is 101 cm³/mol. The van der Waals surface area contributed by atoms with Crippen molar-refractivity contribution in [2.24, 2.45) is 0 Å². The molecule has 0 fully saturated rings. The van der Waals surface area contributed by atoms with Crippen LogP contribution in [0.15, 0.2) is 51.9 Å². The highest BCUT2D eigenvalue weighted by Gasteiger charge is 2.26. The molecule has 0 saturated heterocycles. The van der Waals surface area contributed by atoms with Gasteiger partial charge in [0.2, 0.25) is 0 Å². The molecule has 4 rings (SSSR count). The molecule has 0 bridgehead atoms. The summed E-state index contributed by atoms with van der Waals surface area (Å²) in [6, 6.07) is 11.6. The number of carbonyl (C=O) groups is 1. The molecule has 0 unspecified atom stereocenters. The van der Waals surface area contributed by atoms with Gasteiger partial charge in [0.15, 0.2) is 0 Å². The number of rotatable bonds is 2. The largest absolute Gasteiger partial charge is 0.465 e. The maximum Gasteiger partial charge on any atom is 0.407 e. The van der Waals surface area contributed by atoms with Crippen LogP contribution in [-0.2, 0) is 19.5 Å². The average Bonchev–Trinajstić information content (AvgIpc) is 2.66. The van der Waals surface area contributed by atoms with Crippen LogP contribution in [-0.4, -0.2) is 32.2 Å². The molecule has 3 heterocycles. The van der Waals surface area contributed by atoms with E-state index in [1.165, 1.54) is 4.90 Å². The maximum absolute atomic E-state index is 13.2. The summed E-state index contributed by atoms with van der Waals surface area (Å²) in [5.41, 5.74) is 2.93. The van der Waals surface area contributed by atoms with Gasteiger partial charge in [-0.2, -0.15) is 0 Å². The molecular formula is C19H16BrN3O3. The van der Waals surface area contributed by atoms with Gasteiger partial charge in [-0.05, 0) is 41.8 Å². The fourth-order valence-corrected chi connectivity index (χ4v) is 3.71. The van der Waals surface area contributed by atoms with Crippen molar-refractivity contribution >= 4 is 33.1 Å². The highest BCUT2D eigenvalue weighted by molar-refractivity contribution is 9.10. The van der Waals surface area contributed by atoms with Crippen LogP contribution < -0.4 is 5.56 Å². The first-order chi connectivity index (χ1) is 12.5. The van der Waals surface area contributed by atoms with Gasteiger partial charge in [-0.25, -0.2) is 9.78 Å². The molecule has 0 radical (unpaired) electrons. The summed E-state index contributed by atoms with van der Waals surface area (Å²) in [6.07, 6.45) is 1.21. The fourth-order valence-electron chi connectivity index (χ4n) is 3.45. The molecule has 1 aromatic carbocycles. The molecule has 1 aliphatic heterocycles. The zero-order valence-electron chi connectivity index (χ0n) is 13.9. The van der Waals surface area contributed by atoms with E-state index in [1.807, 2.05) is 36.4 Å². The first-order valence-corrected chi connectivity index (χ1v) is 9.05. The van der Waals surface area contributed by atoms with E-state index < -0.39 is 6.09 Å². The van der Waals surface area contributed by atoms with Gasteiger partial charge in [0, 0.05) is 28.2 Å². The third kappa shape index (κ3) is 2.88. The van der Waals surface area contributed by atoms with Gasteiger partial charge in [0.1, 0.15) is 5.65 Å². The van der Waals surface area contributed by atoms with E-state index in [1.54, 1.807) is 10.8 Å². The summed E-state index contributed by atoms with van der Waals surface area (Å²) in [4.78, 5) is 30.2. The number of pyridine rings is 2. The molecule has 0 aliphatic carbocycles. The van der Waals surface area contributed by atoms with Crippen molar-refractivity contribution in [2.75, 3.05) is 6.54 Å². The van der Waals surface area contributed by atoms with Crippen LogP contribution >= 0.6 is 15.9 Å². The number of carboxylic acid groups (broad SMARTS) is 1. The third-order valence-corrected chi connectivity index (χ3v) is 5.27. The Morgan fingerprint density at radius 3 is 2.69 bits per heavy atom. The summed E-state index contributed by atoms with van der Waals surface area (Å²) in [7, 11) is 0. The molecule has 2 aromatic heterocycles. The van der Waals surface area contributed by atoms with Gasteiger partial charge in [-0.15, -0.1) is 0 Å². The number of amides is 1. The first kappa shape index (κ1) is 16.8. The van der Waals surface area contributed by atoms with Crippen molar-refractivity contribution in [3.8, 4) is 0 Å². The second-order valence-electron chi connectivity index (χ2n) is 6.30. The zero-order valence-corrected chi connectivity index (χ0v) is 15.4. The Bertz CT molecular complexity index is 1060. The van der Waals surface area contributed by atoms with Crippen LogP contribution in [0.4, 0.5) is 4.79 Å². The number of aromatic nitrogens is 2. The van der Waals surface area contributed by atoms with Gasteiger partial charge >= 0.3 is 6.09 Å². The molecule has 1 aliphatic rings. The van der Waals surface area contributed by atoms with Crippen molar-refractivity contribution in [2.45, 2.75) is 19.5 Å². The molecule has 26 heavy (non-hydrogen) atoms. The summed E-state index contributed by atoms with van der Waals surface area (Å²) in [5.74, 6) is 0. The molecule has 1 N–H and O–H groups in total. The highest BCUT2D eigenvalue weighted by atomic mass is 79.9. The van der Waals surface area contributed by atoms with Crippen molar-refractivity contribution in [1.29, 1.82) is 0 Å². The Balaban J connectivity index is 1.89. The van der Waals surface area contributed by atoms with Crippen molar-refractivity contribution < 1.29 is 9.90 Å². The van der Waals surface area contributed by atoms with E-state index in [0.29, 0.717) is 30.7 Å². The van der Waals surface area contributed by atoms with Crippen molar-refractivity contribution in [3.05, 3.63) is 74.1 Å². The number of nitrogens with zero attached hydrogens (tertiary/aromatic N) is 3. The quantitative estimate of drug-likeness (QED) is 0.699. The molecule has 1 amide bonds. The lowest BCUT2D eigenvalue weighted by atomic mass is 9.97. The normalized spacial score (nSPS) is 13.7. The van der Waals surface area contributed by atoms with E-state index in [4.69, 9.17) is 0 Å². The molecule has 6 nitrogen and oxygen atoms in total. The lowest BCUT2D eigenvalue weighted by Gasteiger charge is -2.27. The second-order valence-corrected chi connectivity index (χ2v) is 7.22. The standard InChI is InChI=1S/C19H16BrN3O3/c20-13-5-3-12(4-6-13)10-23-17-15(2-1-8-21-17)14-7-9-22(19(25)26)11-16(14)18(23)24/h1-6,8H,7,9-11H2,(H,25,26). The molecular weight excluding hydrogens is 398 g/mol. The average molecular weight is 414 g/mol. The molecule has 0 saturated carbocycles. The van der Waals surface area contributed by atoms with Crippen LogP contribution in [0.25, 0.3) is 11.0 Å². The van der Waals surface area contributed by atoms with Gasteiger partial charge < -0.3 is 10.0 Å². The maximum atomic E-state index is 13.2. The number of hydrogen-bond donors (Lipinski definition) is 1. The predicted octanol–water partition coefficient (Wildman–Crippen LogP) is 3.24. The van der Waals surface area contributed by atoms with E-state index in [2.05, 4.69) is 20.9 Å². The van der Waals surface area contributed by atoms with E-state index >= 15 is 0 Å². The summed E-state index contributed by atoms with van der Waals surface area (Å²) < 4.78 is 2.61. The minimum atomic E-state index is -0.999. The Morgan fingerprint density at radius 2 is 1.96 bits per heavy atom. The smallest absolute Gasteiger partial charge is 0.407 e. The van der Waals surface area contributed by atoms with Gasteiger partial charge in [-0.1, -0.05) is 28.1 Å². The minimum Gasteiger partial charge on any atom is -0.465 e. The van der Waals surface area contributed by atoms with Crippen LogP contribution in [0.1, 0.15) is 16.7 Å². The SMILES string of the molecule is O=C(O)N1CCc2c(c(=O)n(Cc3ccc(Br)cc3)c3ncccc23)C1. The first-order valence-electron chi connectivity index (χ1n) is 8.26. The van der Waals surface area contributed by atoms with Crippen LogP contribution in [0.3, 0.4) is 0 Å². The summed E-state index contributed by atoms with van der Waals surface area (Å²) in [6.45, 7) is 0.900. The van der Waals surface area contributed by atoms with Crippen LogP contribution in [0.2, 0.25) is 0 Å². The molecule has 7 heteroatoms. The van der Waals surface area contributed by atoms with E-state index in [9.17, 15) is 14.7 Å². The molecule has 0 spiro atoms. The lowest BCUT2D eigenvalue weighted by Crippen LogP contribution is -2.40. The minimum absolute atomic E-state index is 0.120. The third-order valence-electron chi connectivity index (χ3n) is 4.74. The Kier molecular flexibility index (Phi) is 4.24. The van der Waals surface area contributed by atoms with Crippen LogP contribution in [0, 0.1) is 0 Å².